The van der Waals surface area contributed by atoms with Crippen LogP contribution in [0, 0.1) is 0 Å². The lowest BCUT2D eigenvalue weighted by molar-refractivity contribution is -0.139. The van der Waals surface area contributed by atoms with Gasteiger partial charge in [0.2, 0.25) is 0 Å². The van der Waals surface area contributed by atoms with Crippen LogP contribution in [0.2, 0.25) is 5.15 Å². The summed E-state index contributed by atoms with van der Waals surface area (Å²) in [5.74, 6) is -1.64. The molecule has 134 valence electrons. The number of hydrogen-bond acceptors (Lipinski definition) is 4. The molecule has 26 heavy (non-hydrogen) atoms. The molecule has 0 saturated heterocycles. The lowest BCUT2D eigenvalue weighted by Gasteiger charge is -2.29. The number of nitrogens with one attached hydrogen (secondary N) is 2. The summed E-state index contributed by atoms with van der Waals surface area (Å²) >= 11 is 5.84. The molecule has 0 spiro atoms. The molecule has 3 rings (SSSR count). The van der Waals surface area contributed by atoms with E-state index in [1.54, 1.807) is 42.5 Å². The summed E-state index contributed by atoms with van der Waals surface area (Å²) in [5.41, 5.74) is -0.596. The number of amides is 1. The van der Waals surface area contributed by atoms with Crippen molar-refractivity contribution in [2.45, 2.75) is 18.6 Å². The summed E-state index contributed by atoms with van der Waals surface area (Å²) in [6.07, 6.45) is 1.02. The topological polar surface area (TPSA) is 115 Å². The predicted molar refractivity (Wildman–Crippen MR) is 95.8 cm³/mol. The average molecular weight is 374 g/mol. The Morgan fingerprint density at radius 1 is 1.23 bits per heavy atom. The number of carboxylic acid groups (broad SMARTS) is 1. The number of carboxylic acids is 1. The zero-order valence-electron chi connectivity index (χ0n) is 13.6. The monoisotopic (exact) mass is 373 g/mol. The van der Waals surface area contributed by atoms with Crippen molar-refractivity contribution in [2.24, 2.45) is 0 Å². The van der Waals surface area contributed by atoms with Gasteiger partial charge in [0.1, 0.15) is 10.8 Å². The maximum atomic E-state index is 12.6. The van der Waals surface area contributed by atoms with Crippen molar-refractivity contribution >= 4 is 34.4 Å². The first kappa shape index (κ1) is 17.9. The lowest BCUT2D eigenvalue weighted by Crippen LogP contribution is -2.46. The maximum Gasteiger partial charge on any atom is 0.303 e. The predicted octanol–water partition coefficient (Wildman–Crippen LogP) is 2.66. The molecule has 1 amide bonds. The van der Waals surface area contributed by atoms with Gasteiger partial charge in [0.15, 0.2) is 5.72 Å². The van der Waals surface area contributed by atoms with E-state index in [0.717, 1.165) is 0 Å². The number of fused-ring (bicyclic) bond motifs is 1. The third-order valence-electron chi connectivity index (χ3n) is 3.99. The van der Waals surface area contributed by atoms with Crippen LogP contribution in [0.5, 0.6) is 0 Å². The van der Waals surface area contributed by atoms with Gasteiger partial charge in [0.25, 0.3) is 5.91 Å². The van der Waals surface area contributed by atoms with Crippen molar-refractivity contribution in [2.75, 3.05) is 0 Å². The number of H-pyrrole nitrogens is 1. The van der Waals surface area contributed by atoms with Crippen LogP contribution in [-0.2, 0) is 10.5 Å². The summed E-state index contributed by atoms with van der Waals surface area (Å²) in [6.45, 7) is 0. The molecule has 4 N–H and O–H groups in total. The number of aliphatic carboxylic acids is 1. The number of aromatic amines is 1. The number of hydrogen-bond donors (Lipinski definition) is 4. The second kappa shape index (κ2) is 7.15. The van der Waals surface area contributed by atoms with Gasteiger partial charge in [-0.3, -0.25) is 9.59 Å². The molecule has 7 nitrogen and oxygen atoms in total. The van der Waals surface area contributed by atoms with E-state index in [9.17, 15) is 14.7 Å². The molecule has 1 aromatic carbocycles. The minimum absolute atomic E-state index is 0.175. The molecule has 0 radical (unpaired) electrons. The molecule has 8 heteroatoms. The first-order valence-electron chi connectivity index (χ1n) is 7.84. The summed E-state index contributed by atoms with van der Waals surface area (Å²) in [5, 5.41) is 23.4. The van der Waals surface area contributed by atoms with Gasteiger partial charge in [0.05, 0.1) is 18.1 Å². The third kappa shape index (κ3) is 3.84. The number of halogens is 1. The average Bonchev–Trinajstić information content (AvgIpc) is 3.04. The van der Waals surface area contributed by atoms with E-state index in [2.05, 4.69) is 15.3 Å². The molecule has 0 aliphatic carbocycles. The van der Waals surface area contributed by atoms with E-state index >= 15 is 0 Å². The van der Waals surface area contributed by atoms with Crippen molar-refractivity contribution in [3.05, 3.63) is 65.1 Å². The molecule has 3 aromatic rings. The Balaban J connectivity index is 1.89. The highest BCUT2D eigenvalue weighted by molar-refractivity contribution is 6.30. The second-order valence-electron chi connectivity index (χ2n) is 5.85. The standard InChI is InChI=1S/C18H16ClN3O4/c19-15-9-11-8-13(21-14(11)10-20-15)17(25)22-18(26,7-6-16(23)24)12-4-2-1-3-5-12/h1-5,8-10,21,26H,6-7H2,(H,22,25)(H,23,24). The second-order valence-corrected chi connectivity index (χ2v) is 6.24. The van der Waals surface area contributed by atoms with Gasteiger partial charge in [-0.05, 0) is 12.1 Å². The molecular weight excluding hydrogens is 358 g/mol. The summed E-state index contributed by atoms with van der Waals surface area (Å²) in [6, 6.07) is 11.6. The zero-order chi connectivity index (χ0) is 18.7. The molecule has 0 fully saturated rings. The fourth-order valence-electron chi connectivity index (χ4n) is 2.66. The Hall–Kier alpha value is -2.90. The lowest BCUT2D eigenvalue weighted by atomic mass is 9.97. The number of rotatable bonds is 6. The van der Waals surface area contributed by atoms with E-state index in [1.165, 1.54) is 6.20 Å². The van der Waals surface area contributed by atoms with E-state index in [-0.39, 0.29) is 18.5 Å². The molecule has 0 aliphatic rings. The van der Waals surface area contributed by atoms with Crippen LogP contribution in [0.4, 0.5) is 0 Å². The summed E-state index contributed by atoms with van der Waals surface area (Å²) in [4.78, 5) is 30.4. The number of carbonyl (C=O) groups excluding carboxylic acids is 1. The molecule has 1 unspecified atom stereocenters. The molecule has 1 atom stereocenters. The third-order valence-corrected chi connectivity index (χ3v) is 4.20. The fourth-order valence-corrected chi connectivity index (χ4v) is 2.83. The summed E-state index contributed by atoms with van der Waals surface area (Å²) in [7, 11) is 0. The Morgan fingerprint density at radius 2 is 1.96 bits per heavy atom. The number of nitrogens with zero attached hydrogens (tertiary/aromatic N) is 1. The summed E-state index contributed by atoms with van der Waals surface area (Å²) < 4.78 is 0. The van der Waals surface area contributed by atoms with Crippen molar-refractivity contribution in [1.82, 2.24) is 15.3 Å². The van der Waals surface area contributed by atoms with Gasteiger partial charge in [-0.2, -0.15) is 0 Å². The van der Waals surface area contributed by atoms with Crippen molar-refractivity contribution in [3.63, 3.8) is 0 Å². The highest BCUT2D eigenvalue weighted by atomic mass is 35.5. The SMILES string of the molecule is O=C(O)CCC(O)(NC(=O)c1cc2cc(Cl)ncc2[nH]1)c1ccccc1. The van der Waals surface area contributed by atoms with Crippen molar-refractivity contribution in [1.29, 1.82) is 0 Å². The maximum absolute atomic E-state index is 12.6. The Kier molecular flexibility index (Phi) is 4.92. The Bertz CT molecular complexity index is 957. The Morgan fingerprint density at radius 3 is 2.65 bits per heavy atom. The van der Waals surface area contributed by atoms with E-state index in [1.807, 2.05) is 0 Å². The first-order valence-corrected chi connectivity index (χ1v) is 8.22. The minimum atomic E-state index is -1.82. The minimum Gasteiger partial charge on any atom is -0.481 e. The molecule has 0 aliphatic heterocycles. The molecule has 0 bridgehead atoms. The van der Waals surface area contributed by atoms with E-state index < -0.39 is 17.6 Å². The smallest absolute Gasteiger partial charge is 0.303 e. The highest BCUT2D eigenvalue weighted by Gasteiger charge is 2.32. The van der Waals surface area contributed by atoms with Gasteiger partial charge in [-0.15, -0.1) is 0 Å². The number of carbonyl (C=O) groups is 2. The molecular formula is C18H16ClN3O4. The molecule has 2 aromatic heterocycles. The van der Waals surface area contributed by atoms with E-state index in [4.69, 9.17) is 16.7 Å². The van der Waals surface area contributed by atoms with Crippen molar-refractivity contribution < 1.29 is 19.8 Å². The highest BCUT2D eigenvalue weighted by Crippen LogP contribution is 2.25. The van der Waals surface area contributed by atoms with Gasteiger partial charge in [-0.25, -0.2) is 4.98 Å². The fraction of sp³-hybridized carbons (Fsp3) is 0.167. The number of benzene rings is 1. The quantitative estimate of drug-likeness (QED) is 0.391. The largest absolute Gasteiger partial charge is 0.481 e. The van der Waals surface area contributed by atoms with Gasteiger partial charge < -0.3 is 20.5 Å². The Labute approximate surface area is 153 Å². The van der Waals surface area contributed by atoms with Crippen LogP contribution >= 0.6 is 11.6 Å². The van der Waals surface area contributed by atoms with Crippen LogP contribution < -0.4 is 5.32 Å². The number of aliphatic hydroxyl groups is 1. The van der Waals surface area contributed by atoms with Gasteiger partial charge >= 0.3 is 5.97 Å². The van der Waals surface area contributed by atoms with Crippen LogP contribution in [0.15, 0.2) is 48.7 Å². The first-order chi connectivity index (χ1) is 12.4. The van der Waals surface area contributed by atoms with Crippen molar-refractivity contribution in [3.8, 4) is 0 Å². The van der Waals surface area contributed by atoms with Crippen LogP contribution in [0.25, 0.3) is 10.9 Å². The molecule has 2 heterocycles. The van der Waals surface area contributed by atoms with Crippen LogP contribution in [0.3, 0.4) is 0 Å². The van der Waals surface area contributed by atoms with Gasteiger partial charge in [0, 0.05) is 17.4 Å². The van der Waals surface area contributed by atoms with Crippen LogP contribution in [0.1, 0.15) is 28.9 Å². The van der Waals surface area contributed by atoms with Crippen LogP contribution in [-0.4, -0.2) is 32.1 Å². The zero-order valence-corrected chi connectivity index (χ0v) is 14.3. The number of pyridine rings is 1. The van der Waals surface area contributed by atoms with Gasteiger partial charge in [-0.1, -0.05) is 41.9 Å². The van der Waals surface area contributed by atoms with E-state index in [0.29, 0.717) is 21.6 Å². The normalized spacial score (nSPS) is 13.3. The number of aromatic nitrogens is 2. The molecule has 0 saturated carbocycles.